The first-order chi connectivity index (χ1) is 8.40. The van der Waals surface area contributed by atoms with Crippen LogP contribution in [0.4, 0.5) is 0 Å². The fourth-order valence-corrected chi connectivity index (χ4v) is 2.50. The lowest BCUT2D eigenvalue weighted by molar-refractivity contribution is -0.119. The number of hydrogen-bond acceptors (Lipinski definition) is 3. The molecule has 0 aliphatic rings. The standard InChI is InChI=1S/C12H16BrNO3S/c1-18(16,17)9-12(15)14-11(8-13)7-10-5-3-2-4-6-10/h2-6,11H,7-9H2,1H3,(H,14,15). The number of rotatable bonds is 6. The lowest BCUT2D eigenvalue weighted by Gasteiger charge is -2.16. The van der Waals surface area contributed by atoms with Crippen LogP contribution in [0.5, 0.6) is 0 Å². The summed E-state index contributed by atoms with van der Waals surface area (Å²) in [6.07, 6.45) is 1.72. The number of sulfone groups is 1. The van der Waals surface area contributed by atoms with Gasteiger partial charge in [0.15, 0.2) is 9.84 Å². The van der Waals surface area contributed by atoms with Crippen molar-refractivity contribution in [1.82, 2.24) is 5.32 Å². The van der Waals surface area contributed by atoms with Gasteiger partial charge in [-0.3, -0.25) is 4.79 Å². The van der Waals surface area contributed by atoms with Gasteiger partial charge in [0.2, 0.25) is 5.91 Å². The van der Waals surface area contributed by atoms with Gasteiger partial charge in [0.1, 0.15) is 5.75 Å². The molecular weight excluding hydrogens is 318 g/mol. The Morgan fingerprint density at radius 2 is 1.94 bits per heavy atom. The van der Waals surface area contributed by atoms with Crippen molar-refractivity contribution in [1.29, 1.82) is 0 Å². The van der Waals surface area contributed by atoms with Gasteiger partial charge in [-0.2, -0.15) is 0 Å². The summed E-state index contributed by atoms with van der Waals surface area (Å²) >= 11 is 3.32. The Bertz CT molecular complexity index is 487. The molecule has 1 aromatic carbocycles. The molecule has 0 bridgehead atoms. The van der Waals surface area contributed by atoms with Gasteiger partial charge in [0.05, 0.1) is 0 Å². The van der Waals surface area contributed by atoms with Gasteiger partial charge in [-0.1, -0.05) is 46.3 Å². The van der Waals surface area contributed by atoms with Gasteiger partial charge in [0, 0.05) is 17.6 Å². The smallest absolute Gasteiger partial charge is 0.235 e. The van der Waals surface area contributed by atoms with Crippen molar-refractivity contribution >= 4 is 31.7 Å². The SMILES string of the molecule is CS(=O)(=O)CC(=O)NC(CBr)Cc1ccccc1. The number of nitrogens with one attached hydrogen (secondary N) is 1. The zero-order valence-corrected chi connectivity index (χ0v) is 12.5. The van der Waals surface area contributed by atoms with Crippen molar-refractivity contribution < 1.29 is 13.2 Å². The summed E-state index contributed by atoms with van der Waals surface area (Å²) in [7, 11) is -3.28. The zero-order chi connectivity index (χ0) is 13.6. The van der Waals surface area contributed by atoms with Crippen LogP contribution in [0.2, 0.25) is 0 Å². The third-order valence-corrected chi connectivity index (χ3v) is 3.84. The van der Waals surface area contributed by atoms with E-state index in [4.69, 9.17) is 0 Å². The molecular formula is C12H16BrNO3S. The average Bonchev–Trinajstić information content (AvgIpc) is 2.27. The molecule has 0 aliphatic carbocycles. The minimum Gasteiger partial charge on any atom is -0.351 e. The van der Waals surface area contributed by atoms with Gasteiger partial charge in [0.25, 0.3) is 0 Å². The molecule has 1 amide bonds. The summed E-state index contributed by atoms with van der Waals surface area (Å²) in [5.74, 6) is -0.927. The van der Waals surface area contributed by atoms with Crippen LogP contribution in [0.15, 0.2) is 30.3 Å². The molecule has 1 atom stereocenters. The second kappa shape index (κ2) is 6.89. The van der Waals surface area contributed by atoms with Crippen LogP contribution < -0.4 is 5.32 Å². The van der Waals surface area contributed by atoms with E-state index in [0.717, 1.165) is 11.8 Å². The largest absolute Gasteiger partial charge is 0.351 e. The predicted molar refractivity (Wildman–Crippen MR) is 75.6 cm³/mol. The van der Waals surface area contributed by atoms with Crippen LogP contribution >= 0.6 is 15.9 Å². The first kappa shape index (κ1) is 15.2. The van der Waals surface area contributed by atoms with Crippen LogP contribution in [0.3, 0.4) is 0 Å². The summed E-state index contributed by atoms with van der Waals surface area (Å²) in [6, 6.07) is 9.62. The first-order valence-corrected chi connectivity index (χ1v) is 8.66. The molecule has 4 nitrogen and oxygen atoms in total. The van der Waals surface area contributed by atoms with Crippen LogP contribution in [-0.2, 0) is 21.1 Å². The number of alkyl halides is 1. The Labute approximate surface area is 116 Å². The van der Waals surface area contributed by atoms with Crippen molar-refractivity contribution in [3.8, 4) is 0 Å². The molecule has 0 fully saturated rings. The van der Waals surface area contributed by atoms with Crippen LogP contribution in [0.25, 0.3) is 0 Å². The molecule has 1 rings (SSSR count). The summed E-state index contributed by atoms with van der Waals surface area (Å²) < 4.78 is 22.0. The first-order valence-electron chi connectivity index (χ1n) is 5.47. The Kier molecular flexibility index (Phi) is 5.81. The quantitative estimate of drug-likeness (QED) is 0.794. The van der Waals surface area contributed by atoms with Gasteiger partial charge in [-0.05, 0) is 12.0 Å². The fourth-order valence-electron chi connectivity index (χ4n) is 1.55. The van der Waals surface area contributed by atoms with E-state index < -0.39 is 21.5 Å². The van der Waals surface area contributed by atoms with E-state index in [1.54, 1.807) is 0 Å². The third-order valence-electron chi connectivity index (χ3n) is 2.27. The summed E-state index contributed by atoms with van der Waals surface area (Å²) in [6.45, 7) is 0. The highest BCUT2D eigenvalue weighted by atomic mass is 79.9. The maximum absolute atomic E-state index is 11.5. The highest BCUT2D eigenvalue weighted by Gasteiger charge is 2.15. The lowest BCUT2D eigenvalue weighted by atomic mass is 10.1. The van der Waals surface area contributed by atoms with Crippen LogP contribution in [0, 0.1) is 0 Å². The molecule has 1 aromatic rings. The fraction of sp³-hybridized carbons (Fsp3) is 0.417. The van der Waals surface area contributed by atoms with Crippen LogP contribution in [0.1, 0.15) is 5.56 Å². The number of hydrogen-bond donors (Lipinski definition) is 1. The van der Waals surface area contributed by atoms with Crippen molar-refractivity contribution in [3.63, 3.8) is 0 Å². The second-order valence-electron chi connectivity index (χ2n) is 4.18. The molecule has 18 heavy (non-hydrogen) atoms. The molecule has 0 saturated heterocycles. The molecule has 0 aromatic heterocycles. The maximum Gasteiger partial charge on any atom is 0.235 e. The Hall–Kier alpha value is -0.880. The van der Waals surface area contributed by atoms with E-state index in [9.17, 15) is 13.2 Å². The third kappa shape index (κ3) is 6.16. The molecule has 1 unspecified atom stereocenters. The average molecular weight is 334 g/mol. The Balaban J connectivity index is 2.55. The molecule has 0 radical (unpaired) electrons. The highest BCUT2D eigenvalue weighted by molar-refractivity contribution is 9.09. The Morgan fingerprint density at radius 1 is 1.33 bits per heavy atom. The normalized spacial score (nSPS) is 13.0. The molecule has 100 valence electrons. The molecule has 6 heteroatoms. The molecule has 0 aliphatic heterocycles. The molecule has 0 saturated carbocycles. The molecule has 0 heterocycles. The van der Waals surface area contributed by atoms with Gasteiger partial charge >= 0.3 is 0 Å². The maximum atomic E-state index is 11.5. The number of halogens is 1. The van der Waals surface area contributed by atoms with Gasteiger partial charge in [-0.15, -0.1) is 0 Å². The summed E-state index contributed by atoms with van der Waals surface area (Å²) in [5.41, 5.74) is 1.10. The minimum atomic E-state index is -3.28. The number of carbonyl (C=O) groups excluding carboxylic acids is 1. The summed E-state index contributed by atoms with van der Waals surface area (Å²) in [4.78, 5) is 11.5. The van der Waals surface area contributed by atoms with Gasteiger partial charge < -0.3 is 5.32 Å². The van der Waals surface area contributed by atoms with Crippen molar-refractivity contribution in [2.24, 2.45) is 0 Å². The lowest BCUT2D eigenvalue weighted by Crippen LogP contribution is -2.40. The molecule has 1 N–H and O–H groups in total. The zero-order valence-electron chi connectivity index (χ0n) is 10.1. The van der Waals surface area contributed by atoms with Crippen molar-refractivity contribution in [3.05, 3.63) is 35.9 Å². The van der Waals surface area contributed by atoms with E-state index in [2.05, 4.69) is 21.2 Å². The number of carbonyl (C=O) groups is 1. The van der Waals surface area contributed by atoms with Gasteiger partial charge in [-0.25, -0.2) is 8.42 Å². The van der Waals surface area contributed by atoms with E-state index in [-0.39, 0.29) is 6.04 Å². The van der Waals surface area contributed by atoms with E-state index in [0.29, 0.717) is 11.8 Å². The van der Waals surface area contributed by atoms with E-state index >= 15 is 0 Å². The van der Waals surface area contributed by atoms with Crippen molar-refractivity contribution in [2.75, 3.05) is 17.3 Å². The van der Waals surface area contributed by atoms with E-state index in [1.165, 1.54) is 0 Å². The van der Waals surface area contributed by atoms with Crippen molar-refractivity contribution in [2.45, 2.75) is 12.5 Å². The minimum absolute atomic E-state index is 0.110. The topological polar surface area (TPSA) is 63.2 Å². The monoisotopic (exact) mass is 333 g/mol. The van der Waals surface area contributed by atoms with Crippen LogP contribution in [-0.4, -0.2) is 37.7 Å². The predicted octanol–water partition coefficient (Wildman–Crippen LogP) is 1.15. The summed E-state index contributed by atoms with van der Waals surface area (Å²) in [5, 5.41) is 3.29. The number of benzene rings is 1. The Morgan fingerprint density at radius 3 is 2.44 bits per heavy atom. The highest BCUT2D eigenvalue weighted by Crippen LogP contribution is 2.05. The second-order valence-corrected chi connectivity index (χ2v) is 6.97. The molecule has 0 spiro atoms. The number of amides is 1. The van der Waals surface area contributed by atoms with E-state index in [1.807, 2.05) is 30.3 Å².